The molecule has 2 rings (SSSR count). The molecule has 3 nitrogen and oxygen atoms in total. The maximum atomic E-state index is 6.40. The van der Waals surface area contributed by atoms with Crippen molar-refractivity contribution in [2.45, 2.75) is 45.2 Å². The first-order valence-corrected chi connectivity index (χ1v) is 6.55. The molecular weight excluding hydrogens is 224 g/mol. The maximum Gasteiger partial charge on any atom is 0.127 e. The number of nitrogens with one attached hydrogen (secondary N) is 1. The number of nitrogens with two attached hydrogens (primary N) is 1. The fourth-order valence-electron chi connectivity index (χ4n) is 2.85. The third kappa shape index (κ3) is 2.02. The summed E-state index contributed by atoms with van der Waals surface area (Å²) >= 11 is 0. The van der Waals surface area contributed by atoms with E-state index in [1.54, 1.807) is 7.11 Å². The number of aryl methyl sites for hydroxylation is 2. The van der Waals surface area contributed by atoms with E-state index in [2.05, 4.69) is 32.2 Å². The fourth-order valence-corrected chi connectivity index (χ4v) is 2.85. The van der Waals surface area contributed by atoms with E-state index in [1.807, 2.05) is 7.05 Å². The molecule has 18 heavy (non-hydrogen) atoms. The van der Waals surface area contributed by atoms with Crippen LogP contribution in [-0.4, -0.2) is 19.7 Å². The predicted molar refractivity (Wildman–Crippen MR) is 75.2 cm³/mol. The summed E-state index contributed by atoms with van der Waals surface area (Å²) in [5, 5.41) is 3.38. The van der Waals surface area contributed by atoms with Gasteiger partial charge < -0.3 is 15.8 Å². The predicted octanol–water partition coefficient (Wildman–Crippen LogP) is 2.37. The summed E-state index contributed by atoms with van der Waals surface area (Å²) in [6.45, 7) is 6.37. The lowest BCUT2D eigenvalue weighted by Crippen LogP contribution is -2.39. The highest BCUT2D eigenvalue weighted by atomic mass is 16.5. The smallest absolute Gasteiger partial charge is 0.127 e. The Bertz CT molecular complexity index is 464. The van der Waals surface area contributed by atoms with Crippen molar-refractivity contribution in [3.05, 3.63) is 28.3 Å². The SMILES string of the molecule is CNC(c1c(C)cc(C)c(C)c1OC)C1(N)CC1. The molecule has 100 valence electrons. The first-order chi connectivity index (χ1) is 8.44. The van der Waals surface area contributed by atoms with Gasteiger partial charge in [0.1, 0.15) is 5.75 Å². The van der Waals surface area contributed by atoms with E-state index in [-0.39, 0.29) is 11.6 Å². The molecule has 1 unspecified atom stereocenters. The second-order valence-electron chi connectivity index (χ2n) is 5.54. The zero-order valence-corrected chi connectivity index (χ0v) is 12.1. The summed E-state index contributed by atoms with van der Waals surface area (Å²) < 4.78 is 5.65. The van der Waals surface area contributed by atoms with E-state index < -0.39 is 0 Å². The summed E-state index contributed by atoms with van der Waals surface area (Å²) in [7, 11) is 3.72. The van der Waals surface area contributed by atoms with Crippen molar-refractivity contribution < 1.29 is 4.74 Å². The third-order valence-electron chi connectivity index (χ3n) is 4.22. The van der Waals surface area contributed by atoms with Crippen LogP contribution in [0.15, 0.2) is 6.07 Å². The van der Waals surface area contributed by atoms with E-state index in [0.717, 1.165) is 18.6 Å². The van der Waals surface area contributed by atoms with Crippen LogP contribution in [0.4, 0.5) is 0 Å². The normalized spacial score (nSPS) is 18.6. The minimum absolute atomic E-state index is 0.103. The number of hydrogen-bond donors (Lipinski definition) is 2. The van der Waals surface area contributed by atoms with Crippen molar-refractivity contribution in [2.24, 2.45) is 5.73 Å². The van der Waals surface area contributed by atoms with Crippen LogP contribution in [0, 0.1) is 20.8 Å². The molecule has 1 aromatic rings. The molecule has 3 heteroatoms. The molecule has 1 fully saturated rings. The van der Waals surface area contributed by atoms with Gasteiger partial charge in [-0.25, -0.2) is 0 Å². The van der Waals surface area contributed by atoms with Crippen LogP contribution >= 0.6 is 0 Å². The van der Waals surface area contributed by atoms with Gasteiger partial charge in [0.25, 0.3) is 0 Å². The van der Waals surface area contributed by atoms with Gasteiger partial charge >= 0.3 is 0 Å². The Labute approximate surface area is 110 Å². The Hall–Kier alpha value is -1.06. The van der Waals surface area contributed by atoms with E-state index >= 15 is 0 Å². The van der Waals surface area contributed by atoms with Gasteiger partial charge in [-0.05, 0) is 57.4 Å². The van der Waals surface area contributed by atoms with Crippen LogP contribution in [-0.2, 0) is 0 Å². The minimum Gasteiger partial charge on any atom is -0.496 e. The third-order valence-corrected chi connectivity index (χ3v) is 4.22. The Morgan fingerprint density at radius 3 is 2.33 bits per heavy atom. The Kier molecular flexibility index (Phi) is 3.39. The Morgan fingerprint density at radius 1 is 1.28 bits per heavy atom. The van der Waals surface area contributed by atoms with E-state index in [0.29, 0.717) is 0 Å². The molecule has 0 amide bonds. The average Bonchev–Trinajstić information content (AvgIpc) is 3.05. The first kappa shape index (κ1) is 13.4. The maximum absolute atomic E-state index is 6.40. The molecule has 1 aliphatic carbocycles. The quantitative estimate of drug-likeness (QED) is 0.860. The van der Waals surface area contributed by atoms with Gasteiger partial charge in [-0.3, -0.25) is 0 Å². The van der Waals surface area contributed by atoms with Crippen molar-refractivity contribution >= 4 is 0 Å². The molecule has 1 saturated carbocycles. The lowest BCUT2D eigenvalue weighted by atomic mass is 9.89. The molecule has 0 aromatic heterocycles. The van der Waals surface area contributed by atoms with Crippen LogP contribution in [0.2, 0.25) is 0 Å². The van der Waals surface area contributed by atoms with Gasteiger partial charge in [-0.15, -0.1) is 0 Å². The van der Waals surface area contributed by atoms with Crippen molar-refractivity contribution in [3.63, 3.8) is 0 Å². The second-order valence-corrected chi connectivity index (χ2v) is 5.54. The minimum atomic E-state index is -0.103. The molecule has 0 bridgehead atoms. The van der Waals surface area contributed by atoms with Gasteiger partial charge in [0.2, 0.25) is 0 Å². The van der Waals surface area contributed by atoms with Crippen LogP contribution < -0.4 is 15.8 Å². The number of methoxy groups -OCH3 is 1. The van der Waals surface area contributed by atoms with Crippen LogP contribution in [0.3, 0.4) is 0 Å². The van der Waals surface area contributed by atoms with Gasteiger partial charge in [-0.1, -0.05) is 6.07 Å². The van der Waals surface area contributed by atoms with Gasteiger partial charge in [0, 0.05) is 11.1 Å². The first-order valence-electron chi connectivity index (χ1n) is 6.55. The van der Waals surface area contributed by atoms with Gasteiger partial charge in [-0.2, -0.15) is 0 Å². The van der Waals surface area contributed by atoms with Crippen molar-refractivity contribution in [1.29, 1.82) is 0 Å². The Morgan fingerprint density at radius 2 is 1.89 bits per heavy atom. The zero-order valence-electron chi connectivity index (χ0n) is 12.1. The topological polar surface area (TPSA) is 47.3 Å². The fraction of sp³-hybridized carbons (Fsp3) is 0.600. The molecule has 3 N–H and O–H groups in total. The molecule has 0 aliphatic heterocycles. The highest BCUT2D eigenvalue weighted by Crippen LogP contribution is 2.47. The van der Waals surface area contributed by atoms with Crippen LogP contribution in [0.5, 0.6) is 5.75 Å². The summed E-state index contributed by atoms with van der Waals surface area (Å²) in [5.41, 5.74) is 11.3. The lowest BCUT2D eigenvalue weighted by Gasteiger charge is -2.28. The zero-order chi connectivity index (χ0) is 13.5. The molecule has 1 aliphatic rings. The molecule has 0 spiro atoms. The van der Waals surface area contributed by atoms with Crippen LogP contribution in [0.1, 0.15) is 41.1 Å². The number of benzene rings is 1. The largest absolute Gasteiger partial charge is 0.496 e. The number of likely N-dealkylation sites (N-methyl/N-ethyl adjacent to an activating group) is 1. The summed E-state index contributed by atoms with van der Waals surface area (Å²) in [5.74, 6) is 0.989. The summed E-state index contributed by atoms with van der Waals surface area (Å²) in [6, 6.07) is 2.40. The highest BCUT2D eigenvalue weighted by molar-refractivity contribution is 5.52. The van der Waals surface area contributed by atoms with Gasteiger partial charge in [0.15, 0.2) is 0 Å². The van der Waals surface area contributed by atoms with E-state index in [9.17, 15) is 0 Å². The molecule has 0 radical (unpaired) electrons. The number of hydrogen-bond acceptors (Lipinski definition) is 3. The summed E-state index contributed by atoms with van der Waals surface area (Å²) in [6.07, 6.45) is 2.15. The molecule has 1 aromatic carbocycles. The molecule has 1 atom stereocenters. The molecule has 0 heterocycles. The molecule has 0 saturated heterocycles. The van der Waals surface area contributed by atoms with E-state index in [1.165, 1.54) is 22.3 Å². The monoisotopic (exact) mass is 248 g/mol. The van der Waals surface area contributed by atoms with Crippen molar-refractivity contribution in [1.82, 2.24) is 5.32 Å². The highest BCUT2D eigenvalue weighted by Gasteiger charge is 2.47. The van der Waals surface area contributed by atoms with Crippen molar-refractivity contribution in [2.75, 3.05) is 14.2 Å². The van der Waals surface area contributed by atoms with Crippen molar-refractivity contribution in [3.8, 4) is 5.75 Å². The Balaban J connectivity index is 2.58. The second kappa shape index (κ2) is 4.56. The average molecular weight is 248 g/mol. The number of rotatable bonds is 4. The van der Waals surface area contributed by atoms with E-state index in [4.69, 9.17) is 10.5 Å². The lowest BCUT2D eigenvalue weighted by molar-refractivity contribution is 0.382. The molecular formula is C15H24N2O. The van der Waals surface area contributed by atoms with Gasteiger partial charge in [0.05, 0.1) is 13.2 Å². The standard InChI is InChI=1S/C15H24N2O/c1-9-8-10(2)12(13(18-5)11(9)3)14(17-4)15(16)6-7-15/h8,14,17H,6-7,16H2,1-5H3. The summed E-state index contributed by atoms with van der Waals surface area (Å²) in [4.78, 5) is 0. The number of ether oxygens (including phenoxy) is 1. The van der Waals surface area contributed by atoms with Crippen LogP contribution in [0.25, 0.3) is 0 Å².